The Bertz CT molecular complexity index is 870. The van der Waals surface area contributed by atoms with E-state index in [1.165, 1.54) is 22.3 Å². The Morgan fingerprint density at radius 3 is 1.88 bits per heavy atom. The van der Waals surface area contributed by atoms with E-state index in [9.17, 15) is 0 Å². The summed E-state index contributed by atoms with van der Waals surface area (Å²) in [6, 6.07) is 27.2. The monoisotopic (exact) mass is 360 g/mol. The van der Waals surface area contributed by atoms with Gasteiger partial charge in [-0.15, -0.1) is 0 Å². The second-order valence-corrected chi connectivity index (χ2v) is 7.59. The Morgan fingerprint density at radius 2 is 1.35 bits per heavy atom. The highest BCUT2D eigenvalue weighted by molar-refractivity contribution is 7.75. The van der Waals surface area contributed by atoms with Gasteiger partial charge in [-0.1, -0.05) is 87.5 Å². The van der Waals surface area contributed by atoms with Crippen LogP contribution in [-0.4, -0.2) is 0 Å². The van der Waals surface area contributed by atoms with Gasteiger partial charge in [0.2, 0.25) is 0 Å². The maximum atomic E-state index is 4.99. The summed E-state index contributed by atoms with van der Waals surface area (Å²) in [5.74, 6) is 0.735. The zero-order valence-corrected chi connectivity index (χ0v) is 16.3. The molecule has 0 atom stereocenters. The second kappa shape index (κ2) is 7.84. The van der Waals surface area contributed by atoms with Gasteiger partial charge in [0.05, 0.1) is 0 Å². The highest BCUT2D eigenvalue weighted by Crippen LogP contribution is 2.29. The molecule has 1 nitrogen and oxygen atoms in total. The summed E-state index contributed by atoms with van der Waals surface area (Å²) >= 11 is 3.86. The summed E-state index contributed by atoms with van der Waals surface area (Å²) in [5.41, 5.74) is 6.20. The molecule has 0 saturated carbocycles. The van der Waals surface area contributed by atoms with Gasteiger partial charge in [0.25, 0.3) is 0 Å². The Hall–Kier alpha value is -2.45. The smallest absolute Gasteiger partial charge is 0.137 e. The number of rotatable bonds is 4. The average molecular weight is 361 g/mol. The first-order valence-electron chi connectivity index (χ1n) is 8.77. The van der Waals surface area contributed by atoms with E-state index in [2.05, 4.69) is 100 Å². The van der Waals surface area contributed by atoms with Gasteiger partial charge >= 0.3 is 0 Å². The number of hydrogen-bond acceptors (Lipinski definition) is 2. The predicted octanol–water partition coefficient (Wildman–Crippen LogP) is 6.80. The van der Waals surface area contributed by atoms with Gasteiger partial charge in [0, 0.05) is 12.9 Å². The Kier molecular flexibility index (Phi) is 5.53. The average Bonchev–Trinajstić information content (AvgIpc) is 2.66. The van der Waals surface area contributed by atoms with E-state index in [-0.39, 0.29) is 5.41 Å². The summed E-state index contributed by atoms with van der Waals surface area (Å²) in [5, 5.41) is 0. The first-order chi connectivity index (χ1) is 12.5. The molecular weight excluding hydrogens is 336 g/mol. The summed E-state index contributed by atoms with van der Waals surface area (Å²) in [4.78, 5) is 0. The van der Waals surface area contributed by atoms with E-state index in [1.807, 2.05) is 18.2 Å². The minimum atomic E-state index is 0.160. The van der Waals surface area contributed by atoms with Crippen molar-refractivity contribution < 1.29 is 4.18 Å². The number of thiol groups is 1. The molecule has 0 saturated heterocycles. The minimum absolute atomic E-state index is 0.160. The first kappa shape index (κ1) is 18.3. The van der Waals surface area contributed by atoms with Gasteiger partial charge in [0.15, 0.2) is 0 Å². The normalized spacial score (nSPS) is 12.1. The first-order valence-corrected chi connectivity index (χ1v) is 9.13. The van der Waals surface area contributed by atoms with Crippen LogP contribution in [0.4, 0.5) is 0 Å². The van der Waals surface area contributed by atoms with Crippen molar-refractivity contribution in [3.63, 3.8) is 0 Å². The lowest BCUT2D eigenvalue weighted by atomic mass is 9.86. The second-order valence-electron chi connectivity index (χ2n) is 7.41. The van der Waals surface area contributed by atoms with Crippen molar-refractivity contribution in [3.05, 3.63) is 101 Å². The highest BCUT2D eigenvalue weighted by Gasteiger charge is 2.13. The van der Waals surface area contributed by atoms with Crippen molar-refractivity contribution in [2.24, 2.45) is 0 Å². The molecule has 3 aromatic carbocycles. The molecule has 2 heteroatoms. The largest absolute Gasteiger partial charge is 0.429 e. The SMILES string of the molecule is CC(C)(C)c1ccc(/C=C(\c2ccccc2)c2ccc(OS)cc2)cc1. The van der Waals surface area contributed by atoms with E-state index < -0.39 is 0 Å². The molecule has 0 aromatic heterocycles. The van der Waals surface area contributed by atoms with Gasteiger partial charge in [-0.05, 0) is 51.5 Å². The number of hydrogen-bond donors (Lipinski definition) is 1. The minimum Gasteiger partial charge on any atom is -0.429 e. The molecule has 0 aliphatic rings. The fourth-order valence-corrected chi connectivity index (χ4v) is 3.01. The quantitative estimate of drug-likeness (QED) is 0.306. The molecular formula is C24H24OS. The van der Waals surface area contributed by atoms with Crippen molar-refractivity contribution in [1.82, 2.24) is 0 Å². The van der Waals surface area contributed by atoms with Crippen molar-refractivity contribution in [2.75, 3.05) is 0 Å². The van der Waals surface area contributed by atoms with Crippen LogP contribution < -0.4 is 4.18 Å². The van der Waals surface area contributed by atoms with Crippen LogP contribution in [0.15, 0.2) is 78.9 Å². The molecule has 0 N–H and O–H groups in total. The third-order valence-corrected chi connectivity index (χ3v) is 4.65. The lowest BCUT2D eigenvalue weighted by Gasteiger charge is -2.19. The molecule has 0 heterocycles. The third kappa shape index (κ3) is 4.39. The number of benzene rings is 3. The van der Waals surface area contributed by atoms with Crippen LogP contribution in [0.5, 0.6) is 5.75 Å². The molecule has 3 aromatic rings. The molecule has 0 aliphatic heterocycles. The van der Waals surface area contributed by atoms with Gasteiger partial charge in [-0.3, -0.25) is 0 Å². The molecule has 0 spiro atoms. The summed E-state index contributed by atoms with van der Waals surface area (Å²) < 4.78 is 4.99. The van der Waals surface area contributed by atoms with Gasteiger partial charge in [0.1, 0.15) is 5.75 Å². The van der Waals surface area contributed by atoms with E-state index in [4.69, 9.17) is 4.18 Å². The van der Waals surface area contributed by atoms with Crippen LogP contribution in [-0.2, 0) is 5.41 Å². The van der Waals surface area contributed by atoms with E-state index in [0.29, 0.717) is 0 Å². The Morgan fingerprint density at radius 1 is 0.769 bits per heavy atom. The van der Waals surface area contributed by atoms with Crippen molar-refractivity contribution in [1.29, 1.82) is 0 Å². The van der Waals surface area contributed by atoms with Crippen LogP contribution in [0.3, 0.4) is 0 Å². The van der Waals surface area contributed by atoms with E-state index in [1.54, 1.807) is 0 Å². The van der Waals surface area contributed by atoms with Crippen molar-refractivity contribution in [2.45, 2.75) is 26.2 Å². The fraction of sp³-hybridized carbons (Fsp3) is 0.167. The van der Waals surface area contributed by atoms with Crippen LogP contribution in [0.1, 0.15) is 43.0 Å². The fourth-order valence-electron chi connectivity index (χ4n) is 2.89. The molecule has 0 aliphatic carbocycles. The molecule has 0 fully saturated rings. The van der Waals surface area contributed by atoms with Gasteiger partial charge < -0.3 is 4.18 Å². The molecule has 132 valence electrons. The topological polar surface area (TPSA) is 9.23 Å². The molecule has 0 unspecified atom stereocenters. The zero-order chi connectivity index (χ0) is 18.6. The van der Waals surface area contributed by atoms with Crippen LogP contribution in [0, 0.1) is 0 Å². The van der Waals surface area contributed by atoms with E-state index in [0.717, 1.165) is 11.3 Å². The van der Waals surface area contributed by atoms with E-state index >= 15 is 0 Å². The van der Waals surface area contributed by atoms with Crippen LogP contribution >= 0.6 is 12.9 Å². The van der Waals surface area contributed by atoms with Gasteiger partial charge in [-0.25, -0.2) is 0 Å². The third-order valence-electron chi connectivity index (χ3n) is 4.44. The molecule has 0 amide bonds. The molecule has 0 bridgehead atoms. The Labute approximate surface area is 162 Å². The lowest BCUT2D eigenvalue weighted by Crippen LogP contribution is -2.10. The molecule has 26 heavy (non-hydrogen) atoms. The molecule has 0 radical (unpaired) electrons. The molecule has 3 rings (SSSR count). The predicted molar refractivity (Wildman–Crippen MR) is 115 cm³/mol. The van der Waals surface area contributed by atoms with Gasteiger partial charge in [-0.2, -0.15) is 0 Å². The maximum absolute atomic E-state index is 4.99. The van der Waals surface area contributed by atoms with Crippen LogP contribution in [0.25, 0.3) is 11.6 Å². The van der Waals surface area contributed by atoms with Crippen molar-refractivity contribution >= 4 is 24.6 Å². The summed E-state index contributed by atoms with van der Waals surface area (Å²) in [6.45, 7) is 6.70. The highest BCUT2D eigenvalue weighted by atomic mass is 32.1. The standard InChI is InChI=1S/C24H24OS/c1-24(2,3)21-13-9-18(10-14-21)17-23(19-7-5-4-6-8-19)20-11-15-22(25-26)16-12-20/h4-17,26H,1-3H3/b23-17+. The maximum Gasteiger partial charge on any atom is 0.137 e. The summed E-state index contributed by atoms with van der Waals surface area (Å²) in [6.07, 6.45) is 2.23. The lowest BCUT2D eigenvalue weighted by molar-refractivity contribution is 0.590. The van der Waals surface area contributed by atoms with Crippen LogP contribution in [0.2, 0.25) is 0 Å². The van der Waals surface area contributed by atoms with Crippen molar-refractivity contribution in [3.8, 4) is 5.75 Å². The Balaban J connectivity index is 2.04. The summed E-state index contributed by atoms with van der Waals surface area (Å²) in [7, 11) is 0. The zero-order valence-electron chi connectivity index (χ0n) is 15.4.